The van der Waals surface area contributed by atoms with Gasteiger partial charge in [-0.2, -0.15) is 15.0 Å². The first-order valence-corrected chi connectivity index (χ1v) is 3.97. The molecule has 0 atom stereocenters. The molecule has 0 aliphatic carbocycles. The lowest BCUT2D eigenvalue weighted by molar-refractivity contribution is -0.140. The molecule has 4 N–H and O–H groups in total. The van der Waals surface area contributed by atoms with Crippen LogP contribution in [-0.2, 0) is 16.0 Å². The van der Waals surface area contributed by atoms with E-state index in [1.807, 2.05) is 0 Å². The minimum Gasteiger partial charge on any atom is -0.465 e. The number of rotatable bonds is 3. The number of carbonyl (C=O) groups is 1. The zero-order valence-corrected chi connectivity index (χ0v) is 7.73. The Bertz CT molecular complexity index is 321. The lowest BCUT2D eigenvalue weighted by atomic mass is 10.4. The third kappa shape index (κ3) is 3.21. The van der Waals surface area contributed by atoms with Crippen LogP contribution in [0.1, 0.15) is 12.7 Å². The van der Waals surface area contributed by atoms with E-state index in [1.165, 1.54) is 6.92 Å². The van der Waals surface area contributed by atoms with Crippen LogP contribution in [0.2, 0.25) is 0 Å². The average Bonchev–Trinajstić information content (AvgIpc) is 2.01. The Kier molecular flexibility index (Phi) is 3.16. The van der Waals surface area contributed by atoms with E-state index in [4.69, 9.17) is 16.2 Å². The molecular weight excluding hydrogens is 186 g/mol. The number of hydrogen-bond acceptors (Lipinski definition) is 7. The molecule has 0 aromatic carbocycles. The van der Waals surface area contributed by atoms with Gasteiger partial charge in [-0.15, -0.1) is 0 Å². The van der Waals surface area contributed by atoms with Gasteiger partial charge in [-0.25, -0.2) is 0 Å². The van der Waals surface area contributed by atoms with E-state index in [0.717, 1.165) is 0 Å². The minimum absolute atomic E-state index is 0.0651. The smallest absolute Gasteiger partial charge is 0.302 e. The van der Waals surface area contributed by atoms with E-state index in [-0.39, 0.29) is 24.5 Å². The zero-order valence-electron chi connectivity index (χ0n) is 7.73. The zero-order chi connectivity index (χ0) is 10.6. The molecule has 14 heavy (non-hydrogen) atoms. The fourth-order valence-corrected chi connectivity index (χ4v) is 0.855. The maximum atomic E-state index is 10.4. The van der Waals surface area contributed by atoms with Crippen molar-refractivity contribution in [2.24, 2.45) is 0 Å². The van der Waals surface area contributed by atoms with E-state index in [1.54, 1.807) is 0 Å². The SMILES string of the molecule is CC(=O)OCCc1nc(N)nc(N)n1. The van der Waals surface area contributed by atoms with Crippen molar-refractivity contribution in [3.8, 4) is 0 Å². The summed E-state index contributed by atoms with van der Waals surface area (Å²) in [6.07, 6.45) is 0.372. The Hall–Kier alpha value is -1.92. The number of anilines is 2. The van der Waals surface area contributed by atoms with Crippen molar-refractivity contribution in [3.63, 3.8) is 0 Å². The summed E-state index contributed by atoms with van der Waals surface area (Å²) in [7, 11) is 0. The van der Waals surface area contributed by atoms with Crippen LogP contribution in [0.3, 0.4) is 0 Å². The summed E-state index contributed by atoms with van der Waals surface area (Å²) < 4.78 is 4.70. The van der Waals surface area contributed by atoms with Gasteiger partial charge < -0.3 is 16.2 Å². The summed E-state index contributed by atoms with van der Waals surface area (Å²) in [5, 5.41) is 0. The number of nitrogen functional groups attached to an aromatic ring is 2. The van der Waals surface area contributed by atoms with Crippen LogP contribution in [-0.4, -0.2) is 27.5 Å². The first-order chi connectivity index (χ1) is 6.58. The first kappa shape index (κ1) is 10.2. The van der Waals surface area contributed by atoms with Crippen LogP contribution in [0.15, 0.2) is 0 Å². The van der Waals surface area contributed by atoms with Crippen LogP contribution < -0.4 is 11.5 Å². The molecule has 76 valence electrons. The largest absolute Gasteiger partial charge is 0.465 e. The number of nitrogens with zero attached hydrogens (tertiary/aromatic N) is 3. The van der Waals surface area contributed by atoms with Crippen molar-refractivity contribution in [2.75, 3.05) is 18.1 Å². The maximum absolute atomic E-state index is 10.4. The molecule has 7 nitrogen and oxygen atoms in total. The number of carbonyl (C=O) groups excluding carboxylic acids is 1. The molecule has 1 heterocycles. The molecule has 0 bridgehead atoms. The first-order valence-electron chi connectivity index (χ1n) is 3.97. The number of hydrogen-bond donors (Lipinski definition) is 2. The van der Waals surface area contributed by atoms with E-state index in [0.29, 0.717) is 12.2 Å². The standard InChI is InChI=1S/C7H11N5O2/c1-4(13)14-3-2-5-10-6(8)12-7(9)11-5/h2-3H2,1H3,(H4,8,9,10,11,12). The number of nitrogens with two attached hydrogens (primary N) is 2. The van der Waals surface area contributed by atoms with Crippen LogP contribution in [0.4, 0.5) is 11.9 Å². The van der Waals surface area contributed by atoms with Crippen molar-refractivity contribution in [1.29, 1.82) is 0 Å². The van der Waals surface area contributed by atoms with Gasteiger partial charge in [0.05, 0.1) is 6.61 Å². The predicted molar refractivity (Wildman–Crippen MR) is 49.0 cm³/mol. The normalized spacial score (nSPS) is 9.79. The summed E-state index contributed by atoms with van der Waals surface area (Å²) in [6.45, 7) is 1.54. The quantitative estimate of drug-likeness (QED) is 0.605. The highest BCUT2D eigenvalue weighted by Crippen LogP contribution is 1.99. The molecule has 1 aromatic rings. The monoisotopic (exact) mass is 197 g/mol. The van der Waals surface area contributed by atoms with Gasteiger partial charge in [-0.1, -0.05) is 0 Å². The second-order valence-corrected chi connectivity index (χ2v) is 2.56. The van der Waals surface area contributed by atoms with Gasteiger partial charge in [0.1, 0.15) is 5.82 Å². The summed E-state index contributed by atoms with van der Waals surface area (Å²) in [4.78, 5) is 21.7. The van der Waals surface area contributed by atoms with E-state index in [2.05, 4.69) is 15.0 Å². The van der Waals surface area contributed by atoms with Crippen molar-refractivity contribution < 1.29 is 9.53 Å². The van der Waals surface area contributed by atoms with Crippen molar-refractivity contribution >= 4 is 17.9 Å². The molecule has 1 rings (SSSR count). The Morgan fingerprint density at radius 3 is 2.36 bits per heavy atom. The Balaban J connectivity index is 2.54. The third-order valence-electron chi connectivity index (χ3n) is 1.35. The molecule has 0 aliphatic heterocycles. The molecule has 7 heteroatoms. The van der Waals surface area contributed by atoms with Gasteiger partial charge in [-0.3, -0.25) is 4.79 Å². The minimum atomic E-state index is -0.347. The van der Waals surface area contributed by atoms with Crippen LogP contribution in [0.5, 0.6) is 0 Å². The number of esters is 1. The Labute approximate surface area is 80.5 Å². The lowest BCUT2D eigenvalue weighted by Crippen LogP contribution is -2.10. The van der Waals surface area contributed by atoms with E-state index in [9.17, 15) is 4.79 Å². The van der Waals surface area contributed by atoms with Crippen LogP contribution in [0.25, 0.3) is 0 Å². The van der Waals surface area contributed by atoms with Gasteiger partial charge in [0.25, 0.3) is 0 Å². The Morgan fingerprint density at radius 2 is 1.86 bits per heavy atom. The highest BCUT2D eigenvalue weighted by molar-refractivity contribution is 5.65. The summed E-state index contributed by atoms with van der Waals surface area (Å²) in [5.41, 5.74) is 10.7. The molecule has 0 unspecified atom stereocenters. The Morgan fingerprint density at radius 1 is 1.29 bits per heavy atom. The predicted octanol–water partition coefficient (Wildman–Crippen LogP) is -0.858. The molecule has 0 spiro atoms. The molecule has 0 amide bonds. The maximum Gasteiger partial charge on any atom is 0.302 e. The summed E-state index contributed by atoms with van der Waals surface area (Å²) >= 11 is 0. The average molecular weight is 197 g/mol. The third-order valence-corrected chi connectivity index (χ3v) is 1.35. The molecule has 1 aromatic heterocycles. The van der Waals surface area contributed by atoms with Crippen LogP contribution in [0, 0.1) is 0 Å². The second-order valence-electron chi connectivity index (χ2n) is 2.56. The van der Waals surface area contributed by atoms with Crippen molar-refractivity contribution in [1.82, 2.24) is 15.0 Å². The van der Waals surface area contributed by atoms with Crippen LogP contribution >= 0.6 is 0 Å². The summed E-state index contributed by atoms with van der Waals surface area (Å²) in [6, 6.07) is 0. The highest BCUT2D eigenvalue weighted by Gasteiger charge is 2.02. The van der Waals surface area contributed by atoms with Gasteiger partial charge in [-0.05, 0) is 0 Å². The van der Waals surface area contributed by atoms with Gasteiger partial charge >= 0.3 is 5.97 Å². The molecular formula is C7H11N5O2. The summed E-state index contributed by atoms with van der Waals surface area (Å²) in [5.74, 6) is 0.196. The molecule has 0 saturated carbocycles. The second kappa shape index (κ2) is 4.35. The topological polar surface area (TPSA) is 117 Å². The van der Waals surface area contributed by atoms with Crippen molar-refractivity contribution in [3.05, 3.63) is 5.82 Å². The number of aromatic nitrogens is 3. The van der Waals surface area contributed by atoms with Gasteiger partial charge in [0.15, 0.2) is 0 Å². The lowest BCUT2D eigenvalue weighted by Gasteiger charge is -2.02. The molecule has 0 saturated heterocycles. The highest BCUT2D eigenvalue weighted by atomic mass is 16.5. The van der Waals surface area contributed by atoms with Crippen molar-refractivity contribution in [2.45, 2.75) is 13.3 Å². The van der Waals surface area contributed by atoms with Gasteiger partial charge in [0.2, 0.25) is 11.9 Å². The van der Waals surface area contributed by atoms with Gasteiger partial charge in [0, 0.05) is 13.3 Å². The van der Waals surface area contributed by atoms with E-state index >= 15 is 0 Å². The van der Waals surface area contributed by atoms with E-state index < -0.39 is 0 Å². The molecule has 0 fully saturated rings. The molecule has 0 aliphatic rings. The fraction of sp³-hybridized carbons (Fsp3) is 0.429. The fourth-order valence-electron chi connectivity index (χ4n) is 0.855. The number of ether oxygens (including phenoxy) is 1. The molecule has 0 radical (unpaired) electrons.